The Balaban J connectivity index is 1.21. The molecule has 1 aromatic heterocycles. The fourth-order valence-electron chi connectivity index (χ4n) is 6.41. The van der Waals surface area contributed by atoms with Gasteiger partial charge < -0.3 is 16.4 Å². The lowest BCUT2D eigenvalue weighted by Gasteiger charge is -2.28. The molecule has 2 amide bonds. The van der Waals surface area contributed by atoms with Crippen LogP contribution in [0, 0.1) is 18.8 Å². The SMILES string of the molecule is Cc1ccc(S(=O)(=O)NCc2ccccc2)cc1-c1cccc(CC(NC(=O)C2CCC(CN)CC2)C(=O)Nc2ccc(-c3nn[nH]n3)cc2)c1. The third kappa shape index (κ3) is 9.11. The summed E-state index contributed by atoms with van der Waals surface area (Å²) in [6, 6.07) is 28.2. The van der Waals surface area contributed by atoms with Gasteiger partial charge in [-0.15, -0.1) is 10.2 Å². The number of anilines is 1. The number of hydrogen-bond donors (Lipinski definition) is 5. The number of aromatic nitrogens is 4. The van der Waals surface area contributed by atoms with Crippen molar-refractivity contribution in [1.29, 1.82) is 0 Å². The second-order valence-electron chi connectivity index (χ2n) is 13.0. The number of carbonyl (C=O) groups is 2. The number of sulfonamides is 1. The largest absolute Gasteiger partial charge is 0.344 e. The number of nitrogens with zero attached hydrogens (tertiary/aromatic N) is 3. The minimum atomic E-state index is -3.79. The van der Waals surface area contributed by atoms with Crippen LogP contribution in [0.2, 0.25) is 0 Å². The minimum Gasteiger partial charge on any atom is -0.344 e. The number of carbonyl (C=O) groups excluding carboxylic acids is 2. The highest BCUT2D eigenvalue weighted by Crippen LogP contribution is 2.30. The van der Waals surface area contributed by atoms with Crippen molar-refractivity contribution in [2.45, 2.75) is 56.5 Å². The van der Waals surface area contributed by atoms with E-state index in [1.54, 1.807) is 42.5 Å². The van der Waals surface area contributed by atoms with Crippen molar-refractivity contribution in [2.75, 3.05) is 11.9 Å². The van der Waals surface area contributed by atoms with Crippen LogP contribution in [0.3, 0.4) is 0 Å². The average molecular weight is 707 g/mol. The summed E-state index contributed by atoms with van der Waals surface area (Å²) in [5.41, 5.74) is 11.3. The van der Waals surface area contributed by atoms with E-state index in [1.807, 2.05) is 61.5 Å². The van der Waals surface area contributed by atoms with Crippen LogP contribution in [0.5, 0.6) is 0 Å². The third-order valence-electron chi connectivity index (χ3n) is 9.45. The van der Waals surface area contributed by atoms with E-state index in [-0.39, 0.29) is 35.6 Å². The highest BCUT2D eigenvalue weighted by molar-refractivity contribution is 7.89. The molecule has 0 bridgehead atoms. The molecule has 6 N–H and O–H groups in total. The summed E-state index contributed by atoms with van der Waals surface area (Å²) in [7, 11) is -3.79. The molecule has 1 unspecified atom stereocenters. The number of aryl methyl sites for hydroxylation is 1. The Labute approximate surface area is 297 Å². The fraction of sp³-hybridized carbons (Fsp3) is 0.289. The molecule has 1 aliphatic carbocycles. The van der Waals surface area contributed by atoms with Crippen LogP contribution in [-0.4, -0.2) is 53.4 Å². The number of rotatable bonds is 13. The molecule has 1 saturated carbocycles. The van der Waals surface area contributed by atoms with Gasteiger partial charge in [-0.05, 0) is 114 Å². The summed E-state index contributed by atoms with van der Waals surface area (Å²) in [5.74, 6) is 0.162. The molecular weight excluding hydrogens is 665 g/mol. The number of benzene rings is 4. The number of tetrazole rings is 1. The Hall–Kier alpha value is -5.24. The molecule has 0 radical (unpaired) electrons. The van der Waals surface area contributed by atoms with Crippen molar-refractivity contribution >= 4 is 27.5 Å². The standard InChI is InChI=1S/C38H42N8O4S/c1-25-10-19-33(51(49,50)40-24-27-6-3-2-4-7-27)22-34(25)31-9-5-8-28(20-31)21-35(42-37(47)30-13-11-26(23-39)12-14-30)38(48)41-32-17-15-29(16-18-32)36-43-45-46-44-36/h2-10,15-20,22,26,30,35,40H,11-14,21,23-24,39H2,1H3,(H,41,48)(H,42,47)(H,43,44,45,46). The van der Waals surface area contributed by atoms with E-state index in [9.17, 15) is 18.0 Å². The second kappa shape index (κ2) is 16.2. The molecule has 0 aliphatic heterocycles. The molecule has 13 heteroatoms. The number of hydrogen-bond acceptors (Lipinski definition) is 8. The number of amides is 2. The first-order valence-electron chi connectivity index (χ1n) is 17.1. The summed E-state index contributed by atoms with van der Waals surface area (Å²) in [4.78, 5) is 27.5. The molecule has 0 saturated heterocycles. The Morgan fingerprint density at radius 3 is 2.33 bits per heavy atom. The highest BCUT2D eigenvalue weighted by Gasteiger charge is 2.29. The number of H-pyrrole nitrogens is 1. The molecule has 6 rings (SSSR count). The second-order valence-corrected chi connectivity index (χ2v) is 14.8. The lowest BCUT2D eigenvalue weighted by molar-refractivity contribution is -0.130. The van der Waals surface area contributed by atoms with E-state index in [0.29, 0.717) is 24.0 Å². The smallest absolute Gasteiger partial charge is 0.247 e. The lowest BCUT2D eigenvalue weighted by atomic mass is 9.81. The van der Waals surface area contributed by atoms with E-state index in [0.717, 1.165) is 59.1 Å². The average Bonchev–Trinajstić information content (AvgIpc) is 3.70. The molecule has 51 heavy (non-hydrogen) atoms. The van der Waals surface area contributed by atoms with Crippen molar-refractivity contribution in [3.8, 4) is 22.5 Å². The van der Waals surface area contributed by atoms with E-state index in [4.69, 9.17) is 5.73 Å². The number of nitrogens with two attached hydrogens (primary N) is 1. The van der Waals surface area contributed by atoms with E-state index < -0.39 is 16.1 Å². The van der Waals surface area contributed by atoms with Gasteiger partial charge in [0.05, 0.1) is 4.90 Å². The van der Waals surface area contributed by atoms with Crippen molar-refractivity contribution in [1.82, 2.24) is 30.7 Å². The van der Waals surface area contributed by atoms with E-state index in [2.05, 4.69) is 36.0 Å². The summed E-state index contributed by atoms with van der Waals surface area (Å²) in [6.45, 7) is 2.71. The zero-order valence-electron chi connectivity index (χ0n) is 28.4. The predicted octanol–water partition coefficient (Wildman–Crippen LogP) is 4.75. The van der Waals surface area contributed by atoms with Gasteiger partial charge in [0.25, 0.3) is 0 Å². The Bertz CT molecular complexity index is 2050. The van der Waals surface area contributed by atoms with Crippen molar-refractivity contribution in [2.24, 2.45) is 17.6 Å². The van der Waals surface area contributed by atoms with Gasteiger partial charge in [-0.25, -0.2) is 13.1 Å². The van der Waals surface area contributed by atoms with Gasteiger partial charge in [0.15, 0.2) is 0 Å². The zero-order valence-corrected chi connectivity index (χ0v) is 29.2. The van der Waals surface area contributed by atoms with Gasteiger partial charge in [0.1, 0.15) is 6.04 Å². The first-order valence-corrected chi connectivity index (χ1v) is 18.6. The minimum absolute atomic E-state index is 0.147. The highest BCUT2D eigenvalue weighted by atomic mass is 32.2. The number of aromatic amines is 1. The van der Waals surface area contributed by atoms with Crippen LogP contribution in [0.25, 0.3) is 22.5 Å². The summed E-state index contributed by atoms with van der Waals surface area (Å²) >= 11 is 0. The molecule has 264 valence electrons. The van der Waals surface area contributed by atoms with Gasteiger partial charge in [-0.2, -0.15) is 5.21 Å². The van der Waals surface area contributed by atoms with Crippen LogP contribution >= 0.6 is 0 Å². The topological polar surface area (TPSA) is 185 Å². The fourth-order valence-corrected chi connectivity index (χ4v) is 7.46. The first-order chi connectivity index (χ1) is 24.7. The van der Waals surface area contributed by atoms with E-state index in [1.165, 1.54) is 0 Å². The van der Waals surface area contributed by atoms with Crippen molar-refractivity contribution in [3.05, 3.63) is 114 Å². The van der Waals surface area contributed by atoms with Gasteiger partial charge >= 0.3 is 0 Å². The molecule has 4 aromatic carbocycles. The third-order valence-corrected chi connectivity index (χ3v) is 10.8. The molecule has 1 atom stereocenters. The van der Waals surface area contributed by atoms with Crippen LogP contribution in [0.4, 0.5) is 5.69 Å². The monoisotopic (exact) mass is 706 g/mol. The van der Waals surface area contributed by atoms with E-state index >= 15 is 0 Å². The van der Waals surface area contributed by atoms with Crippen LogP contribution in [-0.2, 0) is 32.6 Å². The van der Waals surface area contributed by atoms with Gasteiger partial charge in [-0.3, -0.25) is 9.59 Å². The summed E-state index contributed by atoms with van der Waals surface area (Å²) < 4.78 is 29.2. The van der Waals surface area contributed by atoms with Crippen molar-refractivity contribution in [3.63, 3.8) is 0 Å². The Morgan fingerprint density at radius 2 is 1.63 bits per heavy atom. The molecule has 5 aromatic rings. The van der Waals surface area contributed by atoms with Gasteiger partial charge in [0, 0.05) is 30.1 Å². The van der Waals surface area contributed by atoms with Crippen LogP contribution < -0.4 is 21.1 Å². The predicted molar refractivity (Wildman–Crippen MR) is 195 cm³/mol. The lowest BCUT2D eigenvalue weighted by Crippen LogP contribution is -2.48. The Morgan fingerprint density at radius 1 is 0.882 bits per heavy atom. The van der Waals surface area contributed by atoms with Crippen molar-refractivity contribution < 1.29 is 18.0 Å². The number of nitrogens with one attached hydrogen (secondary N) is 4. The summed E-state index contributed by atoms with van der Waals surface area (Å²) in [6.07, 6.45) is 3.45. The normalized spacial score (nSPS) is 16.7. The molecule has 1 heterocycles. The quantitative estimate of drug-likeness (QED) is 0.116. The van der Waals surface area contributed by atoms with Crippen LogP contribution in [0.1, 0.15) is 42.4 Å². The van der Waals surface area contributed by atoms with Gasteiger partial charge in [0.2, 0.25) is 27.7 Å². The Kier molecular flexibility index (Phi) is 11.3. The molecule has 12 nitrogen and oxygen atoms in total. The molecule has 1 fully saturated rings. The first kappa shape index (κ1) is 35.6. The maximum Gasteiger partial charge on any atom is 0.247 e. The molecule has 1 aliphatic rings. The maximum absolute atomic E-state index is 13.8. The maximum atomic E-state index is 13.8. The zero-order chi connectivity index (χ0) is 35.8. The molecular formula is C38H42N8O4S. The molecule has 0 spiro atoms. The van der Waals surface area contributed by atoms with Gasteiger partial charge in [-0.1, -0.05) is 60.7 Å². The summed E-state index contributed by atoms with van der Waals surface area (Å²) in [5, 5.41) is 20.0. The van der Waals surface area contributed by atoms with Crippen LogP contribution in [0.15, 0.2) is 102 Å².